The van der Waals surface area contributed by atoms with Crippen LogP contribution in [0.2, 0.25) is 0 Å². The molecule has 1 atom stereocenters. The average Bonchev–Trinajstić information content (AvgIpc) is 2.43. The summed E-state index contributed by atoms with van der Waals surface area (Å²) in [6.45, 7) is 0. The molecule has 0 aromatic heterocycles. The number of carboxylic acids is 1. The minimum absolute atomic E-state index is 0.216. The molecule has 1 rings (SSSR count). The number of carboxylic acid groups (broad SMARTS) is 1. The number of hydrogen-bond acceptors (Lipinski definition) is 7. The third kappa shape index (κ3) is 4.54. The predicted molar refractivity (Wildman–Crippen MR) is 73.9 cm³/mol. The summed E-state index contributed by atoms with van der Waals surface area (Å²) < 4.78 is 0. The Balaban J connectivity index is 2.87. The van der Waals surface area contributed by atoms with E-state index in [2.05, 4.69) is 0 Å². The van der Waals surface area contributed by atoms with Gasteiger partial charge in [-0.25, -0.2) is 14.6 Å². The molecule has 0 aliphatic carbocycles. The van der Waals surface area contributed by atoms with E-state index in [4.69, 9.17) is 10.8 Å². The van der Waals surface area contributed by atoms with E-state index >= 15 is 0 Å². The lowest BCUT2D eigenvalue weighted by Crippen LogP contribution is -2.31. The molecule has 0 saturated carbocycles. The highest BCUT2D eigenvalue weighted by Gasteiger charge is 2.45. The molecule has 0 aliphatic heterocycles. The zero-order valence-corrected chi connectivity index (χ0v) is 11.6. The highest BCUT2D eigenvalue weighted by atomic mass is 31.2. The Morgan fingerprint density at radius 1 is 1.38 bits per heavy atom. The zero-order valence-electron chi connectivity index (χ0n) is 10.7. The SMILES string of the molecule is NC(CC[P+](O)(O)C(=O)c1cccc([N+](=O)[O-])c1)C(=O)O. The summed E-state index contributed by atoms with van der Waals surface area (Å²) in [5.74, 6) is -1.32. The molecule has 1 aromatic carbocycles. The summed E-state index contributed by atoms with van der Waals surface area (Å²) in [5.41, 5.74) is 3.60. The number of hydrogen-bond donors (Lipinski definition) is 4. The lowest BCUT2D eigenvalue weighted by Gasteiger charge is -2.12. The molecule has 0 spiro atoms. The van der Waals surface area contributed by atoms with E-state index in [-0.39, 0.29) is 17.7 Å². The quantitative estimate of drug-likeness (QED) is 0.318. The number of nitro benzene ring substituents is 1. The monoisotopic (exact) mass is 317 g/mol. The first kappa shape index (κ1) is 17.1. The largest absolute Gasteiger partial charge is 0.480 e. The van der Waals surface area contributed by atoms with E-state index in [1.54, 1.807) is 0 Å². The van der Waals surface area contributed by atoms with E-state index in [1.165, 1.54) is 12.1 Å². The maximum Gasteiger partial charge on any atom is 0.356 e. The molecule has 0 saturated heterocycles. The van der Waals surface area contributed by atoms with Crippen LogP contribution in [0.1, 0.15) is 16.8 Å². The Bertz CT molecular complexity index is 575. The molecule has 1 unspecified atom stereocenters. The van der Waals surface area contributed by atoms with E-state index in [0.717, 1.165) is 12.1 Å². The van der Waals surface area contributed by atoms with Crippen LogP contribution in [0.4, 0.5) is 5.69 Å². The van der Waals surface area contributed by atoms with Gasteiger partial charge in [0, 0.05) is 18.6 Å². The highest BCUT2D eigenvalue weighted by Crippen LogP contribution is 2.53. The van der Waals surface area contributed by atoms with Gasteiger partial charge in [-0.1, -0.05) is 6.07 Å². The second-order valence-electron chi connectivity index (χ2n) is 4.30. The average molecular weight is 317 g/mol. The summed E-state index contributed by atoms with van der Waals surface area (Å²) in [5, 5.41) is 19.2. The number of rotatable bonds is 7. The van der Waals surface area contributed by atoms with Crippen LogP contribution in [0.25, 0.3) is 0 Å². The molecule has 5 N–H and O–H groups in total. The van der Waals surface area contributed by atoms with Crippen LogP contribution in [-0.4, -0.2) is 43.5 Å². The third-order valence-electron chi connectivity index (χ3n) is 2.70. The van der Waals surface area contributed by atoms with Crippen molar-refractivity contribution >= 4 is 24.9 Å². The molecule has 0 amide bonds. The van der Waals surface area contributed by atoms with Gasteiger partial charge >= 0.3 is 19.2 Å². The van der Waals surface area contributed by atoms with E-state index in [9.17, 15) is 29.5 Å². The molecular formula is C11H14N2O7P+. The van der Waals surface area contributed by atoms with Crippen molar-refractivity contribution in [3.8, 4) is 0 Å². The Morgan fingerprint density at radius 2 is 2.00 bits per heavy atom. The van der Waals surface area contributed by atoms with Crippen LogP contribution < -0.4 is 5.73 Å². The predicted octanol–water partition coefficient (Wildman–Crippen LogP) is 0.369. The molecule has 10 heteroatoms. The number of non-ortho nitro benzene ring substituents is 1. The van der Waals surface area contributed by atoms with Gasteiger partial charge in [-0.05, 0) is 6.07 Å². The van der Waals surface area contributed by atoms with Gasteiger partial charge in [0.2, 0.25) is 0 Å². The van der Waals surface area contributed by atoms with Crippen molar-refractivity contribution in [1.82, 2.24) is 0 Å². The molecule has 0 aliphatic rings. The Kier molecular flexibility index (Phi) is 5.45. The number of carbonyl (C=O) groups excluding carboxylic acids is 1. The number of nitrogens with two attached hydrogens (primary N) is 1. The fourth-order valence-corrected chi connectivity index (χ4v) is 2.90. The number of nitrogens with zero attached hydrogens (tertiary/aromatic N) is 1. The fraction of sp³-hybridized carbons (Fsp3) is 0.273. The Hall–Kier alpha value is -1.93. The lowest BCUT2D eigenvalue weighted by atomic mass is 10.2. The summed E-state index contributed by atoms with van der Waals surface area (Å²) in [6.07, 6.45) is -0.793. The summed E-state index contributed by atoms with van der Waals surface area (Å²) in [6, 6.07) is 3.23. The number of benzene rings is 1. The van der Waals surface area contributed by atoms with Crippen molar-refractivity contribution in [2.75, 3.05) is 6.16 Å². The van der Waals surface area contributed by atoms with Crippen molar-refractivity contribution < 1.29 is 29.4 Å². The maximum atomic E-state index is 12.0. The van der Waals surface area contributed by atoms with Crippen LogP contribution >= 0.6 is 7.72 Å². The van der Waals surface area contributed by atoms with Crippen LogP contribution in [0.5, 0.6) is 0 Å². The van der Waals surface area contributed by atoms with Crippen LogP contribution in [0, 0.1) is 10.1 Å². The maximum absolute atomic E-state index is 12.0. The number of nitro groups is 1. The van der Waals surface area contributed by atoms with Crippen molar-refractivity contribution in [1.29, 1.82) is 0 Å². The molecule has 9 nitrogen and oxygen atoms in total. The van der Waals surface area contributed by atoms with Gasteiger partial charge in [-0.2, -0.15) is 0 Å². The van der Waals surface area contributed by atoms with Gasteiger partial charge in [-0.15, -0.1) is 0 Å². The first-order valence-electron chi connectivity index (χ1n) is 5.76. The number of aliphatic carboxylic acids is 1. The van der Waals surface area contributed by atoms with Gasteiger partial charge in [0.15, 0.2) is 0 Å². The summed E-state index contributed by atoms with van der Waals surface area (Å²) in [7, 11) is -4.10. The molecule has 0 fully saturated rings. The van der Waals surface area contributed by atoms with Crippen LogP contribution in [0.15, 0.2) is 24.3 Å². The first-order chi connectivity index (χ1) is 9.65. The molecule has 1 aromatic rings. The Labute approximate surface area is 119 Å². The normalized spacial score (nSPS) is 12.7. The van der Waals surface area contributed by atoms with Crippen molar-refractivity contribution in [3.63, 3.8) is 0 Å². The molecule has 0 radical (unpaired) electrons. The van der Waals surface area contributed by atoms with E-state index in [1.807, 2.05) is 0 Å². The second-order valence-corrected chi connectivity index (χ2v) is 6.61. The fourth-order valence-electron chi connectivity index (χ4n) is 1.50. The molecule has 0 bridgehead atoms. The minimum atomic E-state index is -4.10. The van der Waals surface area contributed by atoms with E-state index < -0.39 is 36.3 Å². The summed E-state index contributed by atoms with van der Waals surface area (Å²) in [4.78, 5) is 52.0. The van der Waals surface area contributed by atoms with Gasteiger partial charge in [-0.3, -0.25) is 14.9 Å². The minimum Gasteiger partial charge on any atom is -0.480 e. The standard InChI is InChI=1S/C11H13N2O7P/c12-9(10(14)15)4-5-21(19,20)11(16)7-2-1-3-8(6-7)13(17)18/h1-3,6,9,19-20H,4-5,12H2/p+1. The third-order valence-corrected chi connectivity index (χ3v) is 4.49. The van der Waals surface area contributed by atoms with E-state index in [0.29, 0.717) is 0 Å². The smallest absolute Gasteiger partial charge is 0.356 e. The van der Waals surface area contributed by atoms with Crippen molar-refractivity contribution in [2.24, 2.45) is 5.73 Å². The molecule has 114 valence electrons. The lowest BCUT2D eigenvalue weighted by molar-refractivity contribution is -0.384. The first-order valence-corrected chi connectivity index (χ1v) is 7.64. The topological polar surface area (TPSA) is 164 Å². The molecule has 0 heterocycles. The zero-order chi connectivity index (χ0) is 16.2. The van der Waals surface area contributed by atoms with Gasteiger partial charge in [0.05, 0.1) is 10.5 Å². The van der Waals surface area contributed by atoms with Gasteiger partial charge < -0.3 is 10.8 Å². The Morgan fingerprint density at radius 3 is 2.52 bits per heavy atom. The second kappa shape index (κ2) is 6.68. The molecular weight excluding hydrogens is 303 g/mol. The highest BCUT2D eigenvalue weighted by molar-refractivity contribution is 7.81. The summed E-state index contributed by atoms with van der Waals surface area (Å²) >= 11 is 0. The van der Waals surface area contributed by atoms with Crippen molar-refractivity contribution in [3.05, 3.63) is 39.9 Å². The van der Waals surface area contributed by atoms with Gasteiger partial charge in [0.1, 0.15) is 12.2 Å². The number of carbonyl (C=O) groups is 2. The van der Waals surface area contributed by atoms with Gasteiger partial charge in [0.25, 0.3) is 5.69 Å². The van der Waals surface area contributed by atoms with Crippen LogP contribution in [0.3, 0.4) is 0 Å². The van der Waals surface area contributed by atoms with Crippen LogP contribution in [-0.2, 0) is 4.79 Å². The van der Waals surface area contributed by atoms with Crippen molar-refractivity contribution in [2.45, 2.75) is 12.5 Å². The molecule has 21 heavy (non-hydrogen) atoms.